The number of nitrogens with two attached hydrogens (primary N) is 1. The average Bonchev–Trinajstić information content (AvgIpc) is 2.89. The Balaban J connectivity index is 2.30. The molecule has 0 bridgehead atoms. The second-order valence-corrected chi connectivity index (χ2v) is 5.21. The van der Waals surface area contributed by atoms with Gasteiger partial charge in [0.2, 0.25) is 0 Å². The molecule has 0 aliphatic rings. The average molecular weight is 277 g/mol. The molecule has 2 rings (SSSR count). The molecule has 0 saturated heterocycles. The fraction of sp³-hybridized carbons (Fsp3) is 0.0833. The number of rotatable bonds is 3. The second kappa shape index (κ2) is 5.56. The van der Waals surface area contributed by atoms with Gasteiger partial charge in [-0.1, -0.05) is 23.1 Å². The van der Waals surface area contributed by atoms with E-state index in [0.29, 0.717) is 5.56 Å². The molecule has 3 N–H and O–H groups in total. The van der Waals surface area contributed by atoms with Gasteiger partial charge in [-0.25, -0.2) is 8.42 Å². The van der Waals surface area contributed by atoms with E-state index in [4.69, 9.17) is 5.73 Å². The number of nitrogens with one attached hydrogen (secondary N) is 1. The van der Waals surface area contributed by atoms with E-state index in [1.807, 2.05) is 0 Å². The lowest BCUT2D eigenvalue weighted by Gasteiger charge is -2.04. The number of anilines is 1. The van der Waals surface area contributed by atoms with E-state index in [-0.39, 0.29) is 17.3 Å². The number of nitrogens with zero attached hydrogens (tertiary/aromatic N) is 1. The van der Waals surface area contributed by atoms with E-state index >= 15 is 0 Å². The second-order valence-electron chi connectivity index (χ2n) is 3.52. The molecule has 0 atom stereocenters. The molecule has 0 saturated carbocycles. The SMILES string of the molecule is NCC#Cc1cccc(S(=O)(=O)Nc2ccon2)c1. The standard InChI is InChI=1S/C12H11N3O3S/c13-7-2-4-10-3-1-5-11(9-10)19(16,17)15-12-6-8-18-14-12/h1,3,5-6,8-9H,7,13H2,(H,14,15). The summed E-state index contributed by atoms with van der Waals surface area (Å²) in [5.41, 5.74) is 5.84. The highest BCUT2D eigenvalue weighted by molar-refractivity contribution is 7.92. The first-order valence-electron chi connectivity index (χ1n) is 5.34. The van der Waals surface area contributed by atoms with Crippen molar-refractivity contribution in [3.63, 3.8) is 0 Å². The van der Waals surface area contributed by atoms with Gasteiger partial charge in [-0.15, -0.1) is 0 Å². The van der Waals surface area contributed by atoms with Crippen LogP contribution in [0, 0.1) is 11.8 Å². The van der Waals surface area contributed by atoms with Gasteiger partial charge in [0.25, 0.3) is 10.0 Å². The summed E-state index contributed by atoms with van der Waals surface area (Å²) in [4.78, 5) is 0.0966. The molecule has 0 radical (unpaired) electrons. The van der Waals surface area contributed by atoms with E-state index in [1.54, 1.807) is 12.1 Å². The van der Waals surface area contributed by atoms with Crippen LogP contribution in [0.2, 0.25) is 0 Å². The van der Waals surface area contributed by atoms with Crippen LogP contribution >= 0.6 is 0 Å². The number of hydrogen-bond acceptors (Lipinski definition) is 5. The van der Waals surface area contributed by atoms with Gasteiger partial charge in [0.1, 0.15) is 6.26 Å². The monoisotopic (exact) mass is 277 g/mol. The van der Waals surface area contributed by atoms with Gasteiger partial charge in [0, 0.05) is 11.6 Å². The molecule has 6 nitrogen and oxygen atoms in total. The first-order valence-corrected chi connectivity index (χ1v) is 6.82. The fourth-order valence-corrected chi connectivity index (χ4v) is 2.39. The van der Waals surface area contributed by atoms with Crippen LogP contribution in [0.15, 0.2) is 46.0 Å². The summed E-state index contributed by atoms with van der Waals surface area (Å²) in [7, 11) is -3.70. The van der Waals surface area contributed by atoms with Crippen LogP contribution in [0.1, 0.15) is 5.56 Å². The minimum atomic E-state index is -3.70. The van der Waals surface area contributed by atoms with Crippen molar-refractivity contribution in [1.82, 2.24) is 5.16 Å². The number of sulfonamides is 1. The lowest BCUT2D eigenvalue weighted by molar-refractivity contribution is 0.423. The Morgan fingerprint density at radius 3 is 2.89 bits per heavy atom. The molecule has 1 aromatic carbocycles. The molecule has 7 heteroatoms. The minimum Gasteiger partial charge on any atom is -0.363 e. The number of benzene rings is 1. The van der Waals surface area contributed by atoms with Gasteiger partial charge >= 0.3 is 0 Å². The summed E-state index contributed by atoms with van der Waals surface area (Å²) in [6.45, 7) is 0.216. The Kier molecular flexibility index (Phi) is 3.85. The molecule has 0 spiro atoms. The normalized spacial score (nSPS) is 10.6. The third-order valence-corrected chi connectivity index (χ3v) is 3.51. The van der Waals surface area contributed by atoms with E-state index in [0.717, 1.165) is 0 Å². The van der Waals surface area contributed by atoms with Crippen molar-refractivity contribution in [3.05, 3.63) is 42.2 Å². The van der Waals surface area contributed by atoms with Crippen molar-refractivity contribution in [2.75, 3.05) is 11.3 Å². The molecule has 0 unspecified atom stereocenters. The van der Waals surface area contributed by atoms with Crippen LogP contribution in [0.4, 0.5) is 5.82 Å². The molecule has 0 fully saturated rings. The number of aromatic nitrogens is 1. The summed E-state index contributed by atoms with van der Waals surface area (Å²) in [5, 5.41) is 3.49. The Morgan fingerprint density at radius 2 is 2.21 bits per heavy atom. The first-order chi connectivity index (χ1) is 9.12. The van der Waals surface area contributed by atoms with Gasteiger partial charge in [0.15, 0.2) is 5.82 Å². The van der Waals surface area contributed by atoms with Crippen molar-refractivity contribution >= 4 is 15.8 Å². The van der Waals surface area contributed by atoms with Crippen LogP contribution in [0.5, 0.6) is 0 Å². The van der Waals surface area contributed by atoms with Crippen molar-refractivity contribution in [2.24, 2.45) is 5.73 Å². The van der Waals surface area contributed by atoms with Crippen LogP contribution in [0.25, 0.3) is 0 Å². The van der Waals surface area contributed by atoms with Crippen molar-refractivity contribution < 1.29 is 12.9 Å². The Hall–Kier alpha value is -2.30. The molecular formula is C12H11N3O3S. The summed E-state index contributed by atoms with van der Waals surface area (Å²) in [6.07, 6.45) is 1.28. The molecule has 1 heterocycles. The lowest BCUT2D eigenvalue weighted by atomic mass is 10.2. The van der Waals surface area contributed by atoms with Gasteiger partial charge in [-0.2, -0.15) is 0 Å². The van der Waals surface area contributed by atoms with Crippen LogP contribution in [0.3, 0.4) is 0 Å². The van der Waals surface area contributed by atoms with Gasteiger partial charge in [0.05, 0.1) is 11.4 Å². The van der Waals surface area contributed by atoms with Crippen LogP contribution in [-0.4, -0.2) is 20.1 Å². The highest BCUT2D eigenvalue weighted by atomic mass is 32.2. The Labute approximate surface area is 110 Å². The Morgan fingerprint density at radius 1 is 1.37 bits per heavy atom. The smallest absolute Gasteiger partial charge is 0.263 e. The highest BCUT2D eigenvalue weighted by Crippen LogP contribution is 2.15. The molecule has 0 aliphatic carbocycles. The van der Waals surface area contributed by atoms with Gasteiger partial charge < -0.3 is 10.3 Å². The summed E-state index contributed by atoms with van der Waals surface area (Å²) >= 11 is 0. The topological polar surface area (TPSA) is 98.2 Å². The lowest BCUT2D eigenvalue weighted by Crippen LogP contribution is -2.13. The predicted octanol–water partition coefficient (Wildman–Crippen LogP) is 0.786. The summed E-state index contributed by atoms with van der Waals surface area (Å²) in [5.74, 6) is 5.56. The maximum Gasteiger partial charge on any atom is 0.263 e. The molecular weight excluding hydrogens is 266 g/mol. The quantitative estimate of drug-likeness (QED) is 0.808. The fourth-order valence-electron chi connectivity index (χ4n) is 1.36. The largest absolute Gasteiger partial charge is 0.363 e. The van der Waals surface area contributed by atoms with E-state index < -0.39 is 10.0 Å². The molecule has 19 heavy (non-hydrogen) atoms. The van der Waals surface area contributed by atoms with E-state index in [1.165, 1.54) is 24.5 Å². The Bertz CT molecular complexity index is 712. The van der Waals surface area contributed by atoms with Gasteiger partial charge in [-0.05, 0) is 18.2 Å². The third-order valence-electron chi connectivity index (χ3n) is 2.16. The zero-order chi connectivity index (χ0) is 13.7. The van der Waals surface area contributed by atoms with Crippen molar-refractivity contribution in [2.45, 2.75) is 4.90 Å². The van der Waals surface area contributed by atoms with Crippen molar-refractivity contribution in [3.8, 4) is 11.8 Å². The molecule has 0 amide bonds. The van der Waals surface area contributed by atoms with Gasteiger partial charge in [-0.3, -0.25) is 4.72 Å². The predicted molar refractivity (Wildman–Crippen MR) is 69.7 cm³/mol. The van der Waals surface area contributed by atoms with Crippen LogP contribution in [-0.2, 0) is 10.0 Å². The van der Waals surface area contributed by atoms with Crippen LogP contribution < -0.4 is 10.5 Å². The maximum absolute atomic E-state index is 12.1. The first kappa shape index (κ1) is 13.1. The van der Waals surface area contributed by atoms with E-state index in [9.17, 15) is 8.42 Å². The number of hydrogen-bond donors (Lipinski definition) is 2. The zero-order valence-corrected chi connectivity index (χ0v) is 10.6. The molecule has 2 aromatic rings. The molecule has 98 valence electrons. The summed E-state index contributed by atoms with van der Waals surface area (Å²) < 4.78 is 31.0. The zero-order valence-electron chi connectivity index (χ0n) is 9.83. The highest BCUT2D eigenvalue weighted by Gasteiger charge is 2.15. The minimum absolute atomic E-state index is 0.0966. The summed E-state index contributed by atoms with van der Waals surface area (Å²) in [6, 6.07) is 7.66. The maximum atomic E-state index is 12.1. The molecule has 1 aromatic heterocycles. The van der Waals surface area contributed by atoms with E-state index in [2.05, 4.69) is 26.2 Å². The molecule has 0 aliphatic heterocycles. The van der Waals surface area contributed by atoms with Crippen molar-refractivity contribution in [1.29, 1.82) is 0 Å². The third kappa shape index (κ3) is 3.34.